The number of nitrogens with two attached hydrogens (primary N) is 1. The first-order chi connectivity index (χ1) is 10.0. The first-order valence-corrected chi connectivity index (χ1v) is 6.65. The second-order valence-electron chi connectivity index (χ2n) is 4.41. The molecule has 4 N–H and O–H groups in total. The molecule has 2 aromatic carbocycles. The molecule has 0 atom stereocenters. The van der Waals surface area contributed by atoms with E-state index in [2.05, 4.69) is 5.32 Å². The fourth-order valence-corrected chi connectivity index (χ4v) is 1.88. The van der Waals surface area contributed by atoms with Crippen LogP contribution in [0.3, 0.4) is 0 Å². The molecule has 2 aromatic rings. The summed E-state index contributed by atoms with van der Waals surface area (Å²) < 4.78 is 5.31. The van der Waals surface area contributed by atoms with Crippen LogP contribution < -0.4 is 15.8 Å². The summed E-state index contributed by atoms with van der Waals surface area (Å²) in [4.78, 5) is 11.7. The molecule has 0 heterocycles. The summed E-state index contributed by atoms with van der Waals surface area (Å²) in [5.74, 6) is 0.293. The Labute approximate surface area is 127 Å². The van der Waals surface area contributed by atoms with Gasteiger partial charge in [-0.1, -0.05) is 17.7 Å². The van der Waals surface area contributed by atoms with Crippen LogP contribution in [0, 0.1) is 0 Å². The molecule has 0 aliphatic rings. The minimum atomic E-state index is -0.309. The third-order valence-electron chi connectivity index (χ3n) is 2.75. The number of aromatic hydroxyl groups is 1. The SMILES string of the molecule is Nc1ccc(O)c(CNC(=O)COc2cccc(Cl)c2)c1. The summed E-state index contributed by atoms with van der Waals surface area (Å²) in [5, 5.41) is 12.8. The van der Waals surface area contributed by atoms with Crippen molar-refractivity contribution in [2.24, 2.45) is 0 Å². The minimum absolute atomic E-state index is 0.0836. The van der Waals surface area contributed by atoms with Crippen molar-refractivity contribution in [2.45, 2.75) is 6.54 Å². The van der Waals surface area contributed by atoms with Gasteiger partial charge in [-0.2, -0.15) is 0 Å². The van der Waals surface area contributed by atoms with E-state index in [0.29, 0.717) is 22.0 Å². The molecule has 0 aliphatic heterocycles. The molecule has 5 nitrogen and oxygen atoms in total. The van der Waals surface area contributed by atoms with Gasteiger partial charge in [0.15, 0.2) is 6.61 Å². The zero-order valence-electron chi connectivity index (χ0n) is 11.2. The number of anilines is 1. The fourth-order valence-electron chi connectivity index (χ4n) is 1.70. The summed E-state index contributed by atoms with van der Waals surface area (Å²) in [7, 11) is 0. The van der Waals surface area contributed by atoms with E-state index >= 15 is 0 Å². The first-order valence-electron chi connectivity index (χ1n) is 6.27. The molecule has 0 aliphatic carbocycles. The Morgan fingerprint density at radius 2 is 2.10 bits per heavy atom. The molecule has 6 heteroatoms. The Balaban J connectivity index is 1.83. The number of nitrogens with one attached hydrogen (secondary N) is 1. The standard InChI is InChI=1S/C15H15ClN2O3/c16-11-2-1-3-13(7-11)21-9-15(20)18-8-10-6-12(17)4-5-14(10)19/h1-7,19H,8-9,17H2,(H,18,20). The smallest absolute Gasteiger partial charge is 0.258 e. The van der Waals surface area contributed by atoms with Crippen LogP contribution in [0.2, 0.25) is 5.02 Å². The van der Waals surface area contributed by atoms with E-state index in [1.165, 1.54) is 6.07 Å². The summed E-state index contributed by atoms with van der Waals surface area (Å²) in [6, 6.07) is 11.5. The number of benzene rings is 2. The normalized spacial score (nSPS) is 10.1. The summed E-state index contributed by atoms with van der Waals surface area (Å²) in [6.45, 7) is 0.0397. The van der Waals surface area contributed by atoms with Gasteiger partial charge in [0.25, 0.3) is 5.91 Å². The Morgan fingerprint density at radius 1 is 1.29 bits per heavy atom. The number of hydrogen-bond donors (Lipinski definition) is 3. The Hall–Kier alpha value is -2.40. The number of amides is 1. The Bertz CT molecular complexity index is 647. The molecule has 0 aromatic heterocycles. The highest BCUT2D eigenvalue weighted by molar-refractivity contribution is 6.30. The van der Waals surface area contributed by atoms with E-state index < -0.39 is 0 Å². The lowest BCUT2D eigenvalue weighted by atomic mass is 10.2. The number of carbonyl (C=O) groups is 1. The van der Waals surface area contributed by atoms with Gasteiger partial charge >= 0.3 is 0 Å². The van der Waals surface area contributed by atoms with Crippen molar-refractivity contribution in [2.75, 3.05) is 12.3 Å². The lowest BCUT2D eigenvalue weighted by Gasteiger charge is -2.09. The van der Waals surface area contributed by atoms with E-state index in [4.69, 9.17) is 22.1 Å². The van der Waals surface area contributed by atoms with Crippen LogP contribution >= 0.6 is 11.6 Å². The number of carbonyl (C=O) groups excluding carboxylic acids is 1. The van der Waals surface area contributed by atoms with Crippen LogP contribution in [0.5, 0.6) is 11.5 Å². The molecule has 0 spiro atoms. The second kappa shape index (κ2) is 6.85. The van der Waals surface area contributed by atoms with Gasteiger partial charge in [-0.25, -0.2) is 0 Å². The van der Waals surface area contributed by atoms with E-state index in [-0.39, 0.29) is 24.8 Å². The Kier molecular flexibility index (Phi) is 4.90. The van der Waals surface area contributed by atoms with E-state index in [9.17, 15) is 9.90 Å². The molecule has 0 radical (unpaired) electrons. The molecular weight excluding hydrogens is 292 g/mol. The van der Waals surface area contributed by atoms with Gasteiger partial charge in [0.2, 0.25) is 0 Å². The van der Waals surface area contributed by atoms with Gasteiger partial charge in [-0.15, -0.1) is 0 Å². The number of rotatable bonds is 5. The van der Waals surface area contributed by atoms with Crippen LogP contribution in [-0.2, 0) is 11.3 Å². The number of hydrogen-bond acceptors (Lipinski definition) is 4. The van der Waals surface area contributed by atoms with Crippen molar-refractivity contribution in [3.63, 3.8) is 0 Å². The molecular formula is C15H15ClN2O3. The van der Waals surface area contributed by atoms with Crippen molar-refractivity contribution < 1.29 is 14.6 Å². The fraction of sp³-hybridized carbons (Fsp3) is 0.133. The third kappa shape index (κ3) is 4.57. The number of phenolic OH excluding ortho intramolecular Hbond substituents is 1. The van der Waals surface area contributed by atoms with E-state index in [1.54, 1.807) is 36.4 Å². The Morgan fingerprint density at radius 3 is 2.86 bits per heavy atom. The van der Waals surface area contributed by atoms with Gasteiger partial charge in [-0.3, -0.25) is 4.79 Å². The average Bonchev–Trinajstić information content (AvgIpc) is 2.46. The maximum atomic E-state index is 11.7. The number of nitrogen functional groups attached to an aromatic ring is 1. The highest BCUT2D eigenvalue weighted by atomic mass is 35.5. The predicted octanol–water partition coefficient (Wildman–Crippen LogP) is 2.32. The van der Waals surface area contributed by atoms with Gasteiger partial charge in [0.1, 0.15) is 11.5 Å². The number of halogens is 1. The maximum absolute atomic E-state index is 11.7. The maximum Gasteiger partial charge on any atom is 0.258 e. The molecule has 21 heavy (non-hydrogen) atoms. The highest BCUT2D eigenvalue weighted by Crippen LogP contribution is 2.19. The molecule has 1 amide bonds. The zero-order valence-corrected chi connectivity index (χ0v) is 11.9. The molecule has 0 unspecified atom stereocenters. The molecule has 2 rings (SSSR count). The molecule has 0 saturated carbocycles. The summed E-state index contributed by atoms with van der Waals surface area (Å²) >= 11 is 5.81. The molecule has 0 bridgehead atoms. The van der Waals surface area contributed by atoms with Crippen molar-refractivity contribution in [3.8, 4) is 11.5 Å². The van der Waals surface area contributed by atoms with Crippen LogP contribution in [0.15, 0.2) is 42.5 Å². The predicted molar refractivity (Wildman–Crippen MR) is 81.3 cm³/mol. The van der Waals surface area contributed by atoms with Crippen LogP contribution in [0.25, 0.3) is 0 Å². The zero-order chi connectivity index (χ0) is 15.2. The first kappa shape index (κ1) is 15.0. The molecule has 0 fully saturated rings. The lowest BCUT2D eigenvalue weighted by molar-refractivity contribution is -0.123. The van der Waals surface area contributed by atoms with Gasteiger partial charge < -0.3 is 20.9 Å². The molecule has 110 valence electrons. The van der Waals surface area contributed by atoms with Crippen molar-refractivity contribution >= 4 is 23.2 Å². The van der Waals surface area contributed by atoms with Crippen LogP contribution in [0.1, 0.15) is 5.56 Å². The third-order valence-corrected chi connectivity index (χ3v) is 2.98. The van der Waals surface area contributed by atoms with Crippen molar-refractivity contribution in [1.82, 2.24) is 5.32 Å². The highest BCUT2D eigenvalue weighted by Gasteiger charge is 2.06. The monoisotopic (exact) mass is 306 g/mol. The topological polar surface area (TPSA) is 84.6 Å². The molecule has 0 saturated heterocycles. The van der Waals surface area contributed by atoms with Crippen molar-refractivity contribution in [1.29, 1.82) is 0 Å². The average molecular weight is 307 g/mol. The second-order valence-corrected chi connectivity index (χ2v) is 4.85. The van der Waals surface area contributed by atoms with E-state index in [0.717, 1.165) is 0 Å². The largest absolute Gasteiger partial charge is 0.508 e. The summed E-state index contributed by atoms with van der Waals surface area (Å²) in [5.41, 5.74) is 6.69. The minimum Gasteiger partial charge on any atom is -0.508 e. The van der Waals surface area contributed by atoms with Crippen LogP contribution in [0.4, 0.5) is 5.69 Å². The van der Waals surface area contributed by atoms with E-state index in [1.807, 2.05) is 0 Å². The lowest BCUT2D eigenvalue weighted by Crippen LogP contribution is -2.28. The quantitative estimate of drug-likeness (QED) is 0.584. The van der Waals surface area contributed by atoms with Gasteiger partial charge in [0, 0.05) is 22.8 Å². The van der Waals surface area contributed by atoms with Crippen molar-refractivity contribution in [3.05, 3.63) is 53.1 Å². The van der Waals surface area contributed by atoms with Gasteiger partial charge in [0.05, 0.1) is 0 Å². The van der Waals surface area contributed by atoms with Gasteiger partial charge in [-0.05, 0) is 36.4 Å². The summed E-state index contributed by atoms with van der Waals surface area (Å²) in [6.07, 6.45) is 0. The number of ether oxygens (including phenoxy) is 1. The van der Waals surface area contributed by atoms with Crippen LogP contribution in [-0.4, -0.2) is 17.6 Å². The number of phenols is 1.